The van der Waals surface area contributed by atoms with Crippen LogP contribution in [0.1, 0.15) is 30.9 Å². The molecule has 0 amide bonds. The van der Waals surface area contributed by atoms with Gasteiger partial charge in [0.25, 0.3) is 0 Å². The highest BCUT2D eigenvalue weighted by Crippen LogP contribution is 2.33. The molecule has 3 rings (SSSR count). The van der Waals surface area contributed by atoms with Crippen molar-refractivity contribution in [2.24, 2.45) is 5.92 Å². The minimum absolute atomic E-state index is 0.409. The van der Waals surface area contributed by atoms with Gasteiger partial charge in [-0.3, -0.25) is 0 Å². The van der Waals surface area contributed by atoms with Gasteiger partial charge in [0, 0.05) is 29.2 Å². The topological polar surface area (TPSA) is 30.5 Å². The third kappa shape index (κ3) is 3.30. The molecule has 2 atom stereocenters. The van der Waals surface area contributed by atoms with Gasteiger partial charge in [-0.2, -0.15) is 0 Å². The number of halogens is 1. The molecular formula is C15H20BrNO2. The molecule has 2 heterocycles. The molecule has 0 aliphatic carbocycles. The van der Waals surface area contributed by atoms with Crippen LogP contribution in [0.4, 0.5) is 0 Å². The van der Waals surface area contributed by atoms with Crippen LogP contribution in [0.15, 0.2) is 22.7 Å². The van der Waals surface area contributed by atoms with Crippen LogP contribution in [-0.2, 0) is 4.74 Å². The van der Waals surface area contributed by atoms with Gasteiger partial charge in [0.05, 0.1) is 13.2 Å². The van der Waals surface area contributed by atoms with Gasteiger partial charge in [0.1, 0.15) is 5.75 Å². The molecule has 0 spiro atoms. The summed E-state index contributed by atoms with van der Waals surface area (Å²) < 4.78 is 12.4. The smallest absolute Gasteiger partial charge is 0.125 e. The Balaban J connectivity index is 1.70. The Morgan fingerprint density at radius 2 is 2.21 bits per heavy atom. The highest BCUT2D eigenvalue weighted by Gasteiger charge is 2.22. The first kappa shape index (κ1) is 13.4. The summed E-state index contributed by atoms with van der Waals surface area (Å²) in [4.78, 5) is 0. The zero-order chi connectivity index (χ0) is 13.1. The van der Waals surface area contributed by atoms with Crippen molar-refractivity contribution in [1.82, 2.24) is 5.32 Å². The number of hydrogen-bond donors (Lipinski definition) is 1. The fourth-order valence-corrected chi connectivity index (χ4v) is 3.15. The second-order valence-corrected chi connectivity index (χ2v) is 6.28. The van der Waals surface area contributed by atoms with Crippen LogP contribution in [-0.4, -0.2) is 26.4 Å². The molecule has 1 N–H and O–H groups in total. The second-order valence-electron chi connectivity index (χ2n) is 5.36. The molecule has 2 aliphatic heterocycles. The van der Waals surface area contributed by atoms with Crippen molar-refractivity contribution in [3.05, 3.63) is 28.2 Å². The molecule has 0 aromatic heterocycles. The highest BCUT2D eigenvalue weighted by molar-refractivity contribution is 9.10. The van der Waals surface area contributed by atoms with Crippen LogP contribution in [0.5, 0.6) is 5.75 Å². The maximum atomic E-state index is 5.84. The van der Waals surface area contributed by atoms with Crippen LogP contribution < -0.4 is 10.1 Å². The van der Waals surface area contributed by atoms with E-state index >= 15 is 0 Å². The number of rotatable bonds is 3. The van der Waals surface area contributed by atoms with E-state index in [2.05, 4.69) is 39.4 Å². The van der Waals surface area contributed by atoms with E-state index in [-0.39, 0.29) is 0 Å². The molecule has 0 saturated carbocycles. The molecule has 19 heavy (non-hydrogen) atoms. The van der Waals surface area contributed by atoms with Crippen molar-refractivity contribution >= 4 is 15.9 Å². The third-order valence-electron chi connectivity index (χ3n) is 3.92. The molecule has 1 saturated heterocycles. The SMILES string of the molecule is Brc1ccc2c(c1)OCCCC2NCC1CCOC1. The normalized spacial score (nSPS) is 26.6. The predicted molar refractivity (Wildman–Crippen MR) is 78.5 cm³/mol. The molecule has 0 bridgehead atoms. The third-order valence-corrected chi connectivity index (χ3v) is 4.42. The van der Waals surface area contributed by atoms with E-state index in [0.717, 1.165) is 49.4 Å². The average Bonchev–Trinajstić information content (AvgIpc) is 2.84. The molecule has 2 unspecified atom stereocenters. The second kappa shape index (κ2) is 6.25. The van der Waals surface area contributed by atoms with E-state index in [1.807, 2.05) is 0 Å². The van der Waals surface area contributed by atoms with Crippen molar-refractivity contribution in [2.75, 3.05) is 26.4 Å². The zero-order valence-electron chi connectivity index (χ0n) is 11.0. The Labute approximate surface area is 122 Å². The lowest BCUT2D eigenvalue weighted by molar-refractivity contribution is 0.184. The average molecular weight is 326 g/mol. The van der Waals surface area contributed by atoms with Crippen molar-refractivity contribution in [2.45, 2.75) is 25.3 Å². The van der Waals surface area contributed by atoms with Crippen LogP contribution in [0.2, 0.25) is 0 Å². The van der Waals surface area contributed by atoms with Gasteiger partial charge in [0.2, 0.25) is 0 Å². The van der Waals surface area contributed by atoms with Gasteiger partial charge in [-0.25, -0.2) is 0 Å². The molecule has 2 aliphatic rings. The minimum Gasteiger partial charge on any atom is -0.493 e. The number of fused-ring (bicyclic) bond motifs is 1. The lowest BCUT2D eigenvalue weighted by Crippen LogP contribution is -2.27. The van der Waals surface area contributed by atoms with Crippen LogP contribution in [0, 0.1) is 5.92 Å². The van der Waals surface area contributed by atoms with Gasteiger partial charge in [0.15, 0.2) is 0 Å². The first-order chi connectivity index (χ1) is 9.33. The minimum atomic E-state index is 0.409. The summed E-state index contributed by atoms with van der Waals surface area (Å²) in [5.41, 5.74) is 1.29. The Hall–Kier alpha value is -0.580. The number of benzene rings is 1. The summed E-state index contributed by atoms with van der Waals surface area (Å²) in [6.07, 6.45) is 3.43. The first-order valence-corrected chi connectivity index (χ1v) is 7.85. The molecular weight excluding hydrogens is 306 g/mol. The van der Waals surface area contributed by atoms with E-state index < -0.39 is 0 Å². The maximum absolute atomic E-state index is 5.84. The maximum Gasteiger partial charge on any atom is 0.125 e. The van der Waals surface area contributed by atoms with Crippen LogP contribution in [0.25, 0.3) is 0 Å². The zero-order valence-corrected chi connectivity index (χ0v) is 12.6. The fraction of sp³-hybridized carbons (Fsp3) is 0.600. The van der Waals surface area contributed by atoms with Gasteiger partial charge in [-0.05, 0) is 37.3 Å². The summed E-state index contributed by atoms with van der Waals surface area (Å²) in [5, 5.41) is 3.70. The predicted octanol–water partition coefficient (Wildman–Crippen LogP) is 3.29. The Kier molecular flexibility index (Phi) is 4.41. The summed E-state index contributed by atoms with van der Waals surface area (Å²) in [6.45, 7) is 3.68. The summed E-state index contributed by atoms with van der Waals surface area (Å²) in [6, 6.07) is 6.76. The summed E-state index contributed by atoms with van der Waals surface area (Å²) in [5.74, 6) is 1.69. The lowest BCUT2D eigenvalue weighted by Gasteiger charge is -2.20. The Morgan fingerprint density at radius 1 is 1.26 bits per heavy atom. The number of nitrogens with one attached hydrogen (secondary N) is 1. The lowest BCUT2D eigenvalue weighted by atomic mass is 10.0. The summed E-state index contributed by atoms with van der Waals surface area (Å²) in [7, 11) is 0. The van der Waals surface area contributed by atoms with Crippen molar-refractivity contribution in [3.63, 3.8) is 0 Å². The standard InChI is InChI=1S/C15H20BrNO2/c16-12-3-4-13-14(2-1-6-19-15(13)8-12)17-9-11-5-7-18-10-11/h3-4,8,11,14,17H,1-2,5-7,9-10H2. The first-order valence-electron chi connectivity index (χ1n) is 7.06. The van der Waals surface area contributed by atoms with Gasteiger partial charge < -0.3 is 14.8 Å². The van der Waals surface area contributed by atoms with E-state index in [1.54, 1.807) is 0 Å². The molecule has 0 radical (unpaired) electrons. The molecule has 1 aromatic carbocycles. The van der Waals surface area contributed by atoms with E-state index in [1.165, 1.54) is 12.0 Å². The van der Waals surface area contributed by atoms with Gasteiger partial charge >= 0.3 is 0 Å². The molecule has 3 nitrogen and oxygen atoms in total. The van der Waals surface area contributed by atoms with Gasteiger partial charge in [-0.15, -0.1) is 0 Å². The quantitative estimate of drug-likeness (QED) is 0.925. The van der Waals surface area contributed by atoms with Gasteiger partial charge in [-0.1, -0.05) is 22.0 Å². The van der Waals surface area contributed by atoms with E-state index in [4.69, 9.17) is 9.47 Å². The summed E-state index contributed by atoms with van der Waals surface area (Å²) >= 11 is 3.51. The monoisotopic (exact) mass is 325 g/mol. The van der Waals surface area contributed by atoms with Crippen molar-refractivity contribution < 1.29 is 9.47 Å². The van der Waals surface area contributed by atoms with E-state index in [9.17, 15) is 0 Å². The number of hydrogen-bond acceptors (Lipinski definition) is 3. The largest absolute Gasteiger partial charge is 0.493 e. The van der Waals surface area contributed by atoms with Crippen molar-refractivity contribution in [3.8, 4) is 5.75 Å². The van der Waals surface area contributed by atoms with Crippen LogP contribution in [0.3, 0.4) is 0 Å². The Morgan fingerprint density at radius 3 is 3.05 bits per heavy atom. The molecule has 1 fully saturated rings. The molecule has 1 aromatic rings. The van der Waals surface area contributed by atoms with Crippen molar-refractivity contribution in [1.29, 1.82) is 0 Å². The van der Waals surface area contributed by atoms with Crippen LogP contribution >= 0.6 is 15.9 Å². The molecule has 104 valence electrons. The molecule has 4 heteroatoms. The number of ether oxygens (including phenoxy) is 2. The Bertz CT molecular complexity index is 432. The fourth-order valence-electron chi connectivity index (χ4n) is 2.81. The van der Waals surface area contributed by atoms with E-state index in [0.29, 0.717) is 12.0 Å². The highest BCUT2D eigenvalue weighted by atomic mass is 79.9.